The number of aromatic nitrogens is 1. The van der Waals surface area contributed by atoms with Gasteiger partial charge >= 0.3 is 0 Å². The van der Waals surface area contributed by atoms with Crippen LogP contribution >= 0.6 is 0 Å². The van der Waals surface area contributed by atoms with E-state index in [4.69, 9.17) is 0 Å². The summed E-state index contributed by atoms with van der Waals surface area (Å²) in [5.41, 5.74) is 3.89. The van der Waals surface area contributed by atoms with Crippen LogP contribution in [-0.4, -0.2) is 18.1 Å². The zero-order valence-electron chi connectivity index (χ0n) is 12.6. The predicted octanol–water partition coefficient (Wildman–Crippen LogP) is 3.71. The third-order valence-electron chi connectivity index (χ3n) is 3.99. The second-order valence-electron chi connectivity index (χ2n) is 5.46. The Morgan fingerprint density at radius 2 is 1.85 bits per heavy atom. The van der Waals surface area contributed by atoms with Crippen LogP contribution in [0, 0.1) is 6.92 Å². The van der Waals surface area contributed by atoms with Gasteiger partial charge in [0, 0.05) is 23.9 Å². The minimum absolute atomic E-state index is 0.423. The van der Waals surface area contributed by atoms with Crippen molar-refractivity contribution in [2.24, 2.45) is 0 Å². The maximum atomic E-state index is 4.47. The highest BCUT2D eigenvalue weighted by Crippen LogP contribution is 2.20. The second kappa shape index (κ2) is 7.20. The van der Waals surface area contributed by atoms with Gasteiger partial charge in [-0.05, 0) is 44.5 Å². The molecule has 0 fully saturated rings. The Labute approximate surface area is 122 Å². The van der Waals surface area contributed by atoms with E-state index in [-0.39, 0.29) is 0 Å². The third kappa shape index (κ3) is 3.91. The molecule has 2 aromatic rings. The Morgan fingerprint density at radius 1 is 1.10 bits per heavy atom. The molecule has 106 valence electrons. The van der Waals surface area contributed by atoms with Crippen molar-refractivity contribution in [3.8, 4) is 0 Å². The summed E-state index contributed by atoms with van der Waals surface area (Å²) < 4.78 is 0. The van der Waals surface area contributed by atoms with Gasteiger partial charge in [-0.1, -0.05) is 42.8 Å². The van der Waals surface area contributed by atoms with Crippen LogP contribution in [0.25, 0.3) is 0 Å². The van der Waals surface area contributed by atoms with Crippen LogP contribution in [0.15, 0.2) is 48.7 Å². The highest BCUT2D eigenvalue weighted by Gasteiger charge is 2.17. The summed E-state index contributed by atoms with van der Waals surface area (Å²) in [6.07, 6.45) is 4.10. The van der Waals surface area contributed by atoms with Gasteiger partial charge in [0.1, 0.15) is 0 Å². The highest BCUT2D eigenvalue weighted by atomic mass is 14.9. The Hall–Kier alpha value is -1.67. The predicted molar refractivity (Wildman–Crippen MR) is 85.0 cm³/mol. The van der Waals surface area contributed by atoms with Gasteiger partial charge in [0.05, 0.1) is 0 Å². The summed E-state index contributed by atoms with van der Waals surface area (Å²) in [4.78, 5) is 4.47. The Balaban J connectivity index is 1.97. The van der Waals surface area contributed by atoms with Crippen LogP contribution in [0.5, 0.6) is 0 Å². The number of aryl methyl sites for hydroxylation is 2. The molecule has 2 rings (SSSR count). The lowest BCUT2D eigenvalue weighted by Crippen LogP contribution is -2.31. The molecule has 1 aromatic carbocycles. The van der Waals surface area contributed by atoms with Gasteiger partial charge in [0.2, 0.25) is 0 Å². The molecule has 0 aliphatic rings. The van der Waals surface area contributed by atoms with E-state index >= 15 is 0 Å². The zero-order chi connectivity index (χ0) is 14.4. The molecule has 20 heavy (non-hydrogen) atoms. The van der Waals surface area contributed by atoms with E-state index in [2.05, 4.69) is 60.5 Å². The molecule has 0 aliphatic carbocycles. The van der Waals surface area contributed by atoms with Crippen molar-refractivity contribution in [3.63, 3.8) is 0 Å². The summed E-state index contributed by atoms with van der Waals surface area (Å²) in [7, 11) is 2.04. The van der Waals surface area contributed by atoms with E-state index in [1.807, 2.05) is 19.3 Å². The summed E-state index contributed by atoms with van der Waals surface area (Å²) in [5, 5.41) is 3.44. The van der Waals surface area contributed by atoms with Crippen LogP contribution in [0.1, 0.15) is 36.1 Å². The second-order valence-corrected chi connectivity index (χ2v) is 5.46. The largest absolute Gasteiger partial charge is 0.316 e. The SMILES string of the molecule is CNC(CCc1ccc(C)cc1)C(C)c1ccccn1. The summed E-state index contributed by atoms with van der Waals surface area (Å²) in [6.45, 7) is 4.38. The minimum atomic E-state index is 0.423. The fourth-order valence-electron chi connectivity index (χ4n) is 2.57. The molecular formula is C18H24N2. The number of nitrogens with zero attached hydrogens (tertiary/aromatic N) is 1. The summed E-state index contributed by atoms with van der Waals surface area (Å²) >= 11 is 0. The number of likely N-dealkylation sites (N-methyl/N-ethyl adjacent to an activating group) is 1. The molecule has 0 saturated heterocycles. The average Bonchev–Trinajstić information content (AvgIpc) is 2.50. The molecule has 2 atom stereocenters. The maximum Gasteiger partial charge on any atom is 0.0447 e. The molecule has 1 N–H and O–H groups in total. The minimum Gasteiger partial charge on any atom is -0.316 e. The van der Waals surface area contributed by atoms with Gasteiger partial charge in [-0.15, -0.1) is 0 Å². The van der Waals surface area contributed by atoms with E-state index in [0.29, 0.717) is 12.0 Å². The van der Waals surface area contributed by atoms with E-state index in [9.17, 15) is 0 Å². The molecule has 0 saturated carbocycles. The van der Waals surface area contributed by atoms with Crippen LogP contribution in [0.3, 0.4) is 0 Å². The maximum absolute atomic E-state index is 4.47. The highest BCUT2D eigenvalue weighted by molar-refractivity contribution is 5.21. The molecule has 1 heterocycles. The molecule has 0 bridgehead atoms. The van der Waals surface area contributed by atoms with Crippen molar-refractivity contribution in [1.82, 2.24) is 10.3 Å². The monoisotopic (exact) mass is 268 g/mol. The Bertz CT molecular complexity index is 505. The lowest BCUT2D eigenvalue weighted by atomic mass is 9.92. The summed E-state index contributed by atoms with van der Waals surface area (Å²) in [6, 6.07) is 15.4. The van der Waals surface area contributed by atoms with Crippen molar-refractivity contribution < 1.29 is 0 Å². The molecule has 0 amide bonds. The molecule has 0 aliphatic heterocycles. The smallest absolute Gasteiger partial charge is 0.0447 e. The van der Waals surface area contributed by atoms with Crippen molar-refractivity contribution in [1.29, 1.82) is 0 Å². The fourth-order valence-corrected chi connectivity index (χ4v) is 2.57. The zero-order valence-corrected chi connectivity index (χ0v) is 12.6. The number of hydrogen-bond acceptors (Lipinski definition) is 2. The number of nitrogens with one attached hydrogen (secondary N) is 1. The molecule has 1 aromatic heterocycles. The average molecular weight is 268 g/mol. The first-order valence-corrected chi connectivity index (χ1v) is 7.34. The fraction of sp³-hybridized carbons (Fsp3) is 0.389. The Kier molecular flexibility index (Phi) is 5.31. The quantitative estimate of drug-likeness (QED) is 0.864. The Morgan fingerprint density at radius 3 is 2.45 bits per heavy atom. The normalized spacial score (nSPS) is 13.9. The van der Waals surface area contributed by atoms with Gasteiger partial charge in [0.15, 0.2) is 0 Å². The van der Waals surface area contributed by atoms with Crippen LogP contribution in [-0.2, 0) is 6.42 Å². The lowest BCUT2D eigenvalue weighted by Gasteiger charge is -2.23. The first-order chi connectivity index (χ1) is 9.70. The van der Waals surface area contributed by atoms with Gasteiger partial charge in [-0.2, -0.15) is 0 Å². The lowest BCUT2D eigenvalue weighted by molar-refractivity contribution is 0.449. The van der Waals surface area contributed by atoms with E-state index in [1.54, 1.807) is 0 Å². The molecule has 2 heteroatoms. The molecule has 2 nitrogen and oxygen atoms in total. The van der Waals surface area contributed by atoms with Crippen molar-refractivity contribution in [2.45, 2.75) is 38.6 Å². The van der Waals surface area contributed by atoms with Crippen LogP contribution in [0.2, 0.25) is 0 Å². The van der Waals surface area contributed by atoms with Gasteiger partial charge in [-0.25, -0.2) is 0 Å². The number of benzene rings is 1. The van der Waals surface area contributed by atoms with Gasteiger partial charge < -0.3 is 5.32 Å². The van der Waals surface area contributed by atoms with Crippen LogP contribution in [0.4, 0.5) is 0 Å². The molecule has 0 spiro atoms. The van der Waals surface area contributed by atoms with E-state index in [0.717, 1.165) is 18.5 Å². The number of hydrogen-bond donors (Lipinski definition) is 1. The standard InChI is InChI=1S/C18H24N2/c1-14-7-9-16(10-8-14)11-12-17(19-3)15(2)18-6-4-5-13-20-18/h4-10,13,15,17,19H,11-12H2,1-3H3. The third-order valence-corrected chi connectivity index (χ3v) is 3.99. The molecular weight excluding hydrogens is 244 g/mol. The summed E-state index contributed by atoms with van der Waals surface area (Å²) in [5.74, 6) is 0.423. The van der Waals surface area contributed by atoms with Crippen molar-refractivity contribution in [2.75, 3.05) is 7.05 Å². The van der Waals surface area contributed by atoms with Gasteiger partial charge in [0.25, 0.3) is 0 Å². The number of rotatable bonds is 6. The van der Waals surface area contributed by atoms with E-state index in [1.165, 1.54) is 11.1 Å². The van der Waals surface area contributed by atoms with Crippen molar-refractivity contribution >= 4 is 0 Å². The van der Waals surface area contributed by atoms with Crippen LogP contribution < -0.4 is 5.32 Å². The number of pyridine rings is 1. The van der Waals surface area contributed by atoms with Gasteiger partial charge in [-0.3, -0.25) is 4.98 Å². The van der Waals surface area contributed by atoms with E-state index < -0.39 is 0 Å². The first-order valence-electron chi connectivity index (χ1n) is 7.34. The first kappa shape index (κ1) is 14.7. The molecule has 2 unspecified atom stereocenters. The topological polar surface area (TPSA) is 24.9 Å². The molecule has 0 radical (unpaired) electrons. The van der Waals surface area contributed by atoms with Crippen molar-refractivity contribution in [3.05, 3.63) is 65.5 Å².